The highest BCUT2D eigenvalue weighted by molar-refractivity contribution is 6.30. The van der Waals surface area contributed by atoms with Crippen LogP contribution in [0.25, 0.3) is 0 Å². The van der Waals surface area contributed by atoms with Gasteiger partial charge in [0.05, 0.1) is 5.56 Å². The summed E-state index contributed by atoms with van der Waals surface area (Å²) in [6.45, 7) is 5.08. The number of hydrogen-bond donors (Lipinski definition) is 2. The summed E-state index contributed by atoms with van der Waals surface area (Å²) in [4.78, 5) is 12.1. The Morgan fingerprint density at radius 3 is 2.60 bits per heavy atom. The minimum atomic E-state index is -0.869. The van der Waals surface area contributed by atoms with Gasteiger partial charge in [-0.15, -0.1) is 0 Å². The van der Waals surface area contributed by atoms with Gasteiger partial charge in [0.15, 0.2) is 0 Å². The average Bonchev–Trinajstić information content (AvgIpc) is 2.98. The Bertz CT molecular complexity index is 1070. The molecule has 0 radical (unpaired) electrons. The maximum absolute atomic E-state index is 12.1. The van der Waals surface area contributed by atoms with Crippen molar-refractivity contribution >= 4 is 17.6 Å². The zero-order valence-corrected chi connectivity index (χ0v) is 18.2. The molecule has 0 saturated carbocycles. The predicted molar refractivity (Wildman–Crippen MR) is 120 cm³/mol. The van der Waals surface area contributed by atoms with Crippen LogP contribution in [0.4, 0.5) is 0 Å². The van der Waals surface area contributed by atoms with E-state index in [9.17, 15) is 9.90 Å². The number of aromatic nitrogens is 1. The average molecular weight is 423 g/mol. The number of carboxylic acids is 1. The van der Waals surface area contributed by atoms with Gasteiger partial charge in [0.1, 0.15) is 0 Å². The Morgan fingerprint density at radius 1 is 1.13 bits per heavy atom. The SMILES string of the molecule is Cc1c(CN[C@H]2CCCc3ccccc32)c(C(=O)O)c(C)n1Cc1ccc(Cl)cc1. The number of rotatable bonds is 6. The fraction of sp³-hybridized carbons (Fsp3) is 0.320. The number of carboxylic acid groups (broad SMARTS) is 1. The van der Waals surface area contributed by atoms with Crippen molar-refractivity contribution in [2.75, 3.05) is 0 Å². The first-order chi connectivity index (χ1) is 14.5. The Morgan fingerprint density at radius 2 is 1.87 bits per heavy atom. The van der Waals surface area contributed by atoms with E-state index in [1.807, 2.05) is 38.1 Å². The van der Waals surface area contributed by atoms with Gasteiger partial charge in [0, 0.05) is 41.1 Å². The van der Waals surface area contributed by atoms with Gasteiger partial charge in [-0.05, 0) is 61.9 Å². The van der Waals surface area contributed by atoms with Crippen molar-refractivity contribution in [1.82, 2.24) is 9.88 Å². The summed E-state index contributed by atoms with van der Waals surface area (Å²) in [5.74, 6) is -0.869. The summed E-state index contributed by atoms with van der Waals surface area (Å²) in [7, 11) is 0. The lowest BCUT2D eigenvalue weighted by molar-refractivity contribution is 0.0694. The van der Waals surface area contributed by atoms with Crippen LogP contribution in [-0.4, -0.2) is 15.6 Å². The van der Waals surface area contributed by atoms with E-state index >= 15 is 0 Å². The van der Waals surface area contributed by atoms with Gasteiger partial charge in [-0.1, -0.05) is 48.0 Å². The first-order valence-corrected chi connectivity index (χ1v) is 10.8. The monoisotopic (exact) mass is 422 g/mol. The van der Waals surface area contributed by atoms with E-state index in [2.05, 4.69) is 34.1 Å². The van der Waals surface area contributed by atoms with Crippen LogP contribution in [0.15, 0.2) is 48.5 Å². The number of aromatic carboxylic acids is 1. The molecule has 4 rings (SSSR count). The highest BCUT2D eigenvalue weighted by Crippen LogP contribution is 2.31. The highest BCUT2D eigenvalue weighted by Gasteiger charge is 2.25. The zero-order chi connectivity index (χ0) is 21.3. The molecular weight excluding hydrogens is 396 g/mol. The van der Waals surface area contributed by atoms with Gasteiger partial charge in [0.2, 0.25) is 0 Å². The van der Waals surface area contributed by atoms with Crippen LogP contribution in [0.1, 0.15) is 62.9 Å². The van der Waals surface area contributed by atoms with E-state index < -0.39 is 5.97 Å². The molecule has 1 aromatic heterocycles. The number of aryl methyl sites for hydroxylation is 1. The summed E-state index contributed by atoms with van der Waals surface area (Å²) < 4.78 is 2.10. The molecule has 0 fully saturated rings. The van der Waals surface area contributed by atoms with Gasteiger partial charge in [-0.2, -0.15) is 0 Å². The van der Waals surface area contributed by atoms with Gasteiger partial charge >= 0.3 is 5.97 Å². The molecule has 0 saturated heterocycles. The van der Waals surface area contributed by atoms with E-state index in [0.29, 0.717) is 23.7 Å². The number of halogens is 1. The molecular formula is C25H27ClN2O2. The van der Waals surface area contributed by atoms with Crippen molar-refractivity contribution in [2.24, 2.45) is 0 Å². The smallest absolute Gasteiger partial charge is 0.337 e. The Labute approximate surface area is 182 Å². The number of benzene rings is 2. The summed E-state index contributed by atoms with van der Waals surface area (Å²) in [6.07, 6.45) is 3.34. The second kappa shape index (κ2) is 8.66. The fourth-order valence-corrected chi connectivity index (χ4v) is 4.78. The maximum atomic E-state index is 12.1. The van der Waals surface area contributed by atoms with Gasteiger partial charge < -0.3 is 15.0 Å². The quantitative estimate of drug-likeness (QED) is 0.538. The summed E-state index contributed by atoms with van der Waals surface area (Å²) >= 11 is 6.01. The van der Waals surface area contributed by atoms with Crippen molar-refractivity contribution in [1.29, 1.82) is 0 Å². The number of carbonyl (C=O) groups is 1. The molecule has 0 spiro atoms. The molecule has 1 heterocycles. The number of hydrogen-bond acceptors (Lipinski definition) is 2. The third-order valence-electron chi connectivity index (χ3n) is 6.27. The molecule has 1 aliphatic carbocycles. The molecule has 2 aromatic carbocycles. The van der Waals surface area contributed by atoms with E-state index in [1.54, 1.807) is 0 Å². The minimum Gasteiger partial charge on any atom is -0.478 e. The molecule has 0 aliphatic heterocycles. The topological polar surface area (TPSA) is 54.3 Å². The molecule has 1 aliphatic rings. The van der Waals surface area contributed by atoms with E-state index in [-0.39, 0.29) is 6.04 Å². The molecule has 2 N–H and O–H groups in total. The van der Waals surface area contributed by atoms with Crippen molar-refractivity contribution in [3.8, 4) is 0 Å². The minimum absolute atomic E-state index is 0.260. The first kappa shape index (κ1) is 20.7. The van der Waals surface area contributed by atoms with E-state index in [4.69, 9.17) is 11.6 Å². The van der Waals surface area contributed by atoms with Gasteiger partial charge in [0.25, 0.3) is 0 Å². The van der Waals surface area contributed by atoms with Crippen molar-refractivity contribution in [3.63, 3.8) is 0 Å². The van der Waals surface area contributed by atoms with Crippen LogP contribution in [0.3, 0.4) is 0 Å². The summed E-state index contributed by atoms with van der Waals surface area (Å²) in [5.41, 5.74) is 6.91. The van der Waals surface area contributed by atoms with Gasteiger partial charge in [-0.3, -0.25) is 0 Å². The molecule has 3 aromatic rings. The van der Waals surface area contributed by atoms with Crippen molar-refractivity contribution in [2.45, 2.75) is 52.2 Å². The number of fused-ring (bicyclic) bond motifs is 1. The second-order valence-electron chi connectivity index (χ2n) is 8.07. The predicted octanol–water partition coefficient (Wildman–Crippen LogP) is 5.67. The third-order valence-corrected chi connectivity index (χ3v) is 6.52. The second-order valence-corrected chi connectivity index (χ2v) is 8.50. The molecule has 30 heavy (non-hydrogen) atoms. The van der Waals surface area contributed by atoms with Crippen LogP contribution in [0.2, 0.25) is 5.02 Å². The van der Waals surface area contributed by atoms with Crippen LogP contribution < -0.4 is 5.32 Å². The zero-order valence-electron chi connectivity index (χ0n) is 17.4. The lowest BCUT2D eigenvalue weighted by Gasteiger charge is -2.26. The molecule has 1 atom stereocenters. The lowest BCUT2D eigenvalue weighted by Crippen LogP contribution is -2.25. The maximum Gasteiger partial charge on any atom is 0.337 e. The normalized spacial score (nSPS) is 15.8. The third kappa shape index (κ3) is 4.03. The van der Waals surface area contributed by atoms with E-state index in [0.717, 1.165) is 41.8 Å². The summed E-state index contributed by atoms with van der Waals surface area (Å²) in [5, 5.41) is 14.3. The van der Waals surface area contributed by atoms with Crippen LogP contribution >= 0.6 is 11.6 Å². The van der Waals surface area contributed by atoms with Crippen LogP contribution in [0, 0.1) is 13.8 Å². The Hall–Kier alpha value is -2.56. The summed E-state index contributed by atoms with van der Waals surface area (Å²) in [6, 6.07) is 16.5. The van der Waals surface area contributed by atoms with Crippen molar-refractivity contribution < 1.29 is 9.90 Å². The standard InChI is InChI=1S/C25H27ClN2O2/c1-16-22(14-27-23-9-5-7-19-6-3-4-8-21(19)23)24(25(29)30)17(2)28(16)15-18-10-12-20(26)13-11-18/h3-4,6,8,10-13,23,27H,5,7,9,14-15H2,1-2H3,(H,29,30)/t23-/m0/s1. The number of nitrogens with one attached hydrogen (secondary N) is 1. The Balaban J connectivity index is 1.62. The highest BCUT2D eigenvalue weighted by atomic mass is 35.5. The molecule has 0 bridgehead atoms. The molecule has 5 heteroatoms. The molecule has 0 unspecified atom stereocenters. The largest absolute Gasteiger partial charge is 0.478 e. The fourth-order valence-electron chi connectivity index (χ4n) is 4.65. The van der Waals surface area contributed by atoms with Gasteiger partial charge in [-0.25, -0.2) is 4.79 Å². The number of nitrogens with zero attached hydrogens (tertiary/aromatic N) is 1. The molecule has 4 nitrogen and oxygen atoms in total. The molecule has 156 valence electrons. The molecule has 0 amide bonds. The lowest BCUT2D eigenvalue weighted by atomic mass is 9.87. The van der Waals surface area contributed by atoms with Crippen LogP contribution in [-0.2, 0) is 19.5 Å². The first-order valence-electron chi connectivity index (χ1n) is 10.4. The van der Waals surface area contributed by atoms with E-state index in [1.165, 1.54) is 11.1 Å². The Kier molecular flexibility index (Phi) is 5.98. The van der Waals surface area contributed by atoms with Crippen molar-refractivity contribution in [3.05, 3.63) is 92.8 Å². The van der Waals surface area contributed by atoms with Crippen LogP contribution in [0.5, 0.6) is 0 Å².